The molecule has 4 rings (SSSR count). The fraction of sp³-hybridized carbons (Fsp3) is 0.444. The number of hydrogen-bond acceptors (Lipinski definition) is 6. The first kappa shape index (κ1) is 23.0. The molecule has 1 aliphatic heterocycles. The summed E-state index contributed by atoms with van der Waals surface area (Å²) in [6, 6.07) is 19.0. The first-order chi connectivity index (χ1) is 16.0. The second-order valence-electron chi connectivity index (χ2n) is 8.94. The average Bonchev–Trinajstić information content (AvgIpc) is 3.32. The third-order valence-corrected chi connectivity index (χ3v) is 6.68. The normalized spacial score (nSPS) is 24.6. The van der Waals surface area contributed by atoms with Crippen LogP contribution in [0.4, 0.5) is 0 Å². The second kappa shape index (κ2) is 10.6. The maximum absolute atomic E-state index is 12.7. The maximum atomic E-state index is 12.7. The minimum atomic E-state index is -0.363. The lowest BCUT2D eigenvalue weighted by molar-refractivity contribution is -0.147. The van der Waals surface area contributed by atoms with Gasteiger partial charge in [-0.05, 0) is 43.4 Å². The van der Waals surface area contributed by atoms with Gasteiger partial charge in [0.25, 0.3) is 0 Å². The summed E-state index contributed by atoms with van der Waals surface area (Å²) in [5.41, 5.74) is 1.70. The minimum Gasteiger partial charge on any atom is -0.463 e. The Kier molecular flexibility index (Phi) is 7.43. The number of ether oxygens (including phenoxy) is 3. The Balaban J connectivity index is 1.41. The third kappa shape index (κ3) is 6.01. The highest BCUT2D eigenvalue weighted by atomic mass is 16.6. The predicted octanol–water partition coefficient (Wildman–Crippen LogP) is 4.51. The third-order valence-electron chi connectivity index (χ3n) is 6.68. The van der Waals surface area contributed by atoms with Crippen molar-refractivity contribution in [2.75, 3.05) is 0 Å². The minimum absolute atomic E-state index is 0.0103. The van der Waals surface area contributed by atoms with Crippen LogP contribution < -0.4 is 0 Å². The highest BCUT2D eigenvalue weighted by Crippen LogP contribution is 2.45. The van der Waals surface area contributed by atoms with Gasteiger partial charge in [-0.15, -0.1) is 0 Å². The lowest BCUT2D eigenvalue weighted by atomic mass is 9.86. The molecule has 0 unspecified atom stereocenters. The number of benzene rings is 2. The number of esters is 3. The summed E-state index contributed by atoms with van der Waals surface area (Å²) >= 11 is 0. The van der Waals surface area contributed by atoms with Crippen LogP contribution in [0.25, 0.3) is 0 Å². The van der Waals surface area contributed by atoms with Gasteiger partial charge in [0.05, 0.1) is 12.0 Å². The molecule has 1 heterocycles. The summed E-state index contributed by atoms with van der Waals surface area (Å²) in [6.45, 7) is 1.43. The van der Waals surface area contributed by atoms with E-state index in [1.165, 1.54) is 12.5 Å². The molecular formula is C27H30O6. The predicted molar refractivity (Wildman–Crippen MR) is 121 cm³/mol. The molecule has 0 amide bonds. The van der Waals surface area contributed by atoms with Gasteiger partial charge in [0, 0.05) is 25.2 Å². The summed E-state index contributed by atoms with van der Waals surface area (Å²) in [6.07, 6.45) is 2.95. The number of fused-ring (bicyclic) bond motifs is 1. The Morgan fingerprint density at radius 2 is 1.73 bits per heavy atom. The summed E-state index contributed by atoms with van der Waals surface area (Å²) < 4.78 is 17.0. The molecule has 0 spiro atoms. The van der Waals surface area contributed by atoms with Crippen molar-refractivity contribution >= 4 is 17.9 Å². The van der Waals surface area contributed by atoms with Crippen molar-refractivity contribution < 1.29 is 28.6 Å². The van der Waals surface area contributed by atoms with E-state index in [9.17, 15) is 14.4 Å². The van der Waals surface area contributed by atoms with Gasteiger partial charge in [0.15, 0.2) is 0 Å². The largest absolute Gasteiger partial charge is 0.463 e. The van der Waals surface area contributed by atoms with Gasteiger partial charge in [-0.2, -0.15) is 0 Å². The quantitative estimate of drug-likeness (QED) is 0.413. The number of hydrogen-bond donors (Lipinski definition) is 0. The Bertz CT molecular complexity index is 957. The van der Waals surface area contributed by atoms with Gasteiger partial charge < -0.3 is 14.2 Å². The zero-order valence-electron chi connectivity index (χ0n) is 18.9. The molecule has 2 aliphatic rings. The molecule has 6 heteroatoms. The van der Waals surface area contributed by atoms with E-state index in [-0.39, 0.29) is 48.1 Å². The van der Waals surface area contributed by atoms with Crippen molar-refractivity contribution in [3.8, 4) is 0 Å². The lowest BCUT2D eigenvalue weighted by Gasteiger charge is -2.25. The standard InChI is InChI=1S/C27H30O6/c1-18(28)31-21(13-12-19-8-4-2-5-9-19)14-15-22-23-16-26(29)32-25(23)17-24(22)33-27(30)20-10-6-3-7-11-20/h2-11,21-25H,12-17H2,1H3/t21-,22-,23-,24-,25+/m1/s1. The maximum Gasteiger partial charge on any atom is 0.338 e. The van der Waals surface area contributed by atoms with Gasteiger partial charge in [0.2, 0.25) is 0 Å². The first-order valence-corrected chi connectivity index (χ1v) is 11.7. The summed E-state index contributed by atoms with van der Waals surface area (Å²) in [7, 11) is 0. The molecule has 174 valence electrons. The molecule has 5 atom stereocenters. The highest BCUT2D eigenvalue weighted by Gasteiger charge is 2.51. The van der Waals surface area contributed by atoms with Crippen LogP contribution in [0.2, 0.25) is 0 Å². The molecule has 2 aromatic rings. The molecule has 0 aromatic heterocycles. The Hall–Kier alpha value is -3.15. The molecule has 1 aliphatic carbocycles. The van der Waals surface area contributed by atoms with E-state index >= 15 is 0 Å². The second-order valence-corrected chi connectivity index (χ2v) is 8.94. The van der Waals surface area contributed by atoms with Crippen molar-refractivity contribution in [2.45, 2.75) is 63.8 Å². The van der Waals surface area contributed by atoms with Crippen LogP contribution in [0.3, 0.4) is 0 Å². The molecule has 6 nitrogen and oxygen atoms in total. The van der Waals surface area contributed by atoms with Crippen molar-refractivity contribution in [2.24, 2.45) is 11.8 Å². The Morgan fingerprint density at radius 3 is 2.42 bits per heavy atom. The van der Waals surface area contributed by atoms with Crippen LogP contribution in [0, 0.1) is 11.8 Å². The van der Waals surface area contributed by atoms with E-state index in [1.807, 2.05) is 24.3 Å². The molecule has 33 heavy (non-hydrogen) atoms. The fourth-order valence-electron chi connectivity index (χ4n) is 5.12. The van der Waals surface area contributed by atoms with Crippen molar-refractivity contribution in [3.63, 3.8) is 0 Å². The van der Waals surface area contributed by atoms with Gasteiger partial charge in [-0.1, -0.05) is 48.5 Å². The zero-order valence-corrected chi connectivity index (χ0v) is 18.9. The average molecular weight is 451 g/mol. The van der Waals surface area contributed by atoms with E-state index in [0.717, 1.165) is 6.42 Å². The number of carbonyl (C=O) groups excluding carboxylic acids is 3. The molecule has 1 saturated carbocycles. The summed E-state index contributed by atoms with van der Waals surface area (Å²) in [5.74, 6) is -0.841. The Labute approximate surface area is 194 Å². The molecule has 2 aromatic carbocycles. The fourth-order valence-corrected chi connectivity index (χ4v) is 5.12. The zero-order chi connectivity index (χ0) is 23.2. The monoisotopic (exact) mass is 450 g/mol. The van der Waals surface area contributed by atoms with Crippen LogP contribution in [-0.4, -0.2) is 36.2 Å². The lowest BCUT2D eigenvalue weighted by Crippen LogP contribution is -2.28. The summed E-state index contributed by atoms with van der Waals surface area (Å²) in [5, 5.41) is 0. The molecule has 0 N–H and O–H groups in total. The molecule has 1 saturated heterocycles. The Morgan fingerprint density at radius 1 is 1.03 bits per heavy atom. The van der Waals surface area contributed by atoms with E-state index in [1.54, 1.807) is 24.3 Å². The van der Waals surface area contributed by atoms with Crippen molar-refractivity contribution in [3.05, 3.63) is 71.8 Å². The number of carbonyl (C=O) groups is 3. The van der Waals surface area contributed by atoms with Gasteiger partial charge in [0.1, 0.15) is 18.3 Å². The van der Waals surface area contributed by atoms with Crippen LogP contribution >= 0.6 is 0 Å². The van der Waals surface area contributed by atoms with E-state index < -0.39 is 0 Å². The molecule has 2 fully saturated rings. The summed E-state index contributed by atoms with van der Waals surface area (Å²) in [4.78, 5) is 36.3. The highest BCUT2D eigenvalue weighted by molar-refractivity contribution is 5.89. The number of aryl methyl sites for hydroxylation is 1. The SMILES string of the molecule is CC(=O)O[C@H](CCc1ccccc1)CC[C@@H]1[C@H]2CC(=O)O[C@H]2C[C@H]1OC(=O)c1ccccc1. The first-order valence-electron chi connectivity index (χ1n) is 11.7. The molecule has 0 radical (unpaired) electrons. The van der Waals surface area contributed by atoms with E-state index in [4.69, 9.17) is 14.2 Å². The van der Waals surface area contributed by atoms with Crippen LogP contribution in [0.15, 0.2) is 60.7 Å². The van der Waals surface area contributed by atoms with Crippen LogP contribution in [-0.2, 0) is 30.2 Å². The molecular weight excluding hydrogens is 420 g/mol. The van der Waals surface area contributed by atoms with Crippen molar-refractivity contribution in [1.82, 2.24) is 0 Å². The van der Waals surface area contributed by atoms with E-state index in [0.29, 0.717) is 37.7 Å². The van der Waals surface area contributed by atoms with Gasteiger partial charge in [-0.3, -0.25) is 9.59 Å². The van der Waals surface area contributed by atoms with Crippen LogP contribution in [0.5, 0.6) is 0 Å². The van der Waals surface area contributed by atoms with E-state index in [2.05, 4.69) is 12.1 Å². The van der Waals surface area contributed by atoms with Gasteiger partial charge in [-0.25, -0.2) is 4.79 Å². The number of rotatable bonds is 9. The molecule has 0 bridgehead atoms. The van der Waals surface area contributed by atoms with Crippen molar-refractivity contribution in [1.29, 1.82) is 0 Å². The topological polar surface area (TPSA) is 78.9 Å². The van der Waals surface area contributed by atoms with Gasteiger partial charge >= 0.3 is 17.9 Å². The van der Waals surface area contributed by atoms with Crippen LogP contribution in [0.1, 0.15) is 54.9 Å². The smallest absolute Gasteiger partial charge is 0.338 e.